The van der Waals surface area contributed by atoms with Crippen molar-refractivity contribution >= 4 is 28.4 Å². The molecule has 2 aromatic rings. The van der Waals surface area contributed by atoms with Crippen LogP contribution in [0.4, 0.5) is 13.2 Å². The van der Waals surface area contributed by atoms with Gasteiger partial charge in [0.25, 0.3) is 5.91 Å². The van der Waals surface area contributed by atoms with E-state index in [1.807, 2.05) is 0 Å². The number of nitrogens with zero attached hydrogens (tertiary/aromatic N) is 1. The highest BCUT2D eigenvalue weighted by Crippen LogP contribution is 2.49. The zero-order chi connectivity index (χ0) is 15.3. The SMILES string of the molecule is O=C(NC1(C(F)(F)F)CC1)c1cc(Cl)nc2ccccc12. The van der Waals surface area contributed by atoms with Crippen LogP contribution in [0.2, 0.25) is 5.15 Å². The number of hydrogen-bond acceptors (Lipinski definition) is 2. The zero-order valence-electron chi connectivity index (χ0n) is 10.7. The average Bonchev–Trinajstić information content (AvgIpc) is 3.18. The molecule has 0 saturated heterocycles. The van der Waals surface area contributed by atoms with Crippen LogP contribution in [0, 0.1) is 0 Å². The number of hydrogen-bond donors (Lipinski definition) is 1. The van der Waals surface area contributed by atoms with Gasteiger partial charge < -0.3 is 5.32 Å². The van der Waals surface area contributed by atoms with E-state index in [2.05, 4.69) is 10.3 Å². The van der Waals surface area contributed by atoms with Gasteiger partial charge in [0.15, 0.2) is 0 Å². The fraction of sp³-hybridized carbons (Fsp3) is 0.286. The maximum absolute atomic E-state index is 12.9. The first kappa shape index (κ1) is 14.1. The predicted octanol–water partition coefficient (Wildman–Crippen LogP) is 3.71. The van der Waals surface area contributed by atoms with E-state index in [0.717, 1.165) is 0 Å². The summed E-state index contributed by atoms with van der Waals surface area (Å²) in [7, 11) is 0. The third kappa shape index (κ3) is 2.44. The number of amides is 1. The molecule has 0 spiro atoms. The van der Waals surface area contributed by atoms with Gasteiger partial charge in [0, 0.05) is 5.39 Å². The first-order chi connectivity index (χ1) is 9.82. The van der Waals surface area contributed by atoms with E-state index in [0.29, 0.717) is 10.9 Å². The summed E-state index contributed by atoms with van der Waals surface area (Å²) in [6.07, 6.45) is -4.65. The highest BCUT2D eigenvalue weighted by molar-refractivity contribution is 6.30. The van der Waals surface area contributed by atoms with Crippen LogP contribution in [0.15, 0.2) is 30.3 Å². The molecule has 0 unspecified atom stereocenters. The topological polar surface area (TPSA) is 42.0 Å². The lowest BCUT2D eigenvalue weighted by atomic mass is 10.1. The first-order valence-corrected chi connectivity index (χ1v) is 6.65. The molecule has 1 aromatic carbocycles. The number of pyridine rings is 1. The number of nitrogens with one attached hydrogen (secondary N) is 1. The van der Waals surface area contributed by atoms with Gasteiger partial charge in [-0.25, -0.2) is 4.98 Å². The number of aromatic nitrogens is 1. The quantitative estimate of drug-likeness (QED) is 0.859. The number of fused-ring (bicyclic) bond motifs is 1. The number of alkyl halides is 3. The van der Waals surface area contributed by atoms with Gasteiger partial charge in [0.05, 0.1) is 11.1 Å². The minimum Gasteiger partial charge on any atom is -0.338 e. The number of carbonyl (C=O) groups is 1. The maximum atomic E-state index is 12.9. The van der Waals surface area contributed by atoms with Crippen molar-refractivity contribution in [3.8, 4) is 0 Å². The second-order valence-corrected chi connectivity index (χ2v) is 5.43. The molecule has 1 aliphatic rings. The Labute approximate surface area is 123 Å². The lowest BCUT2D eigenvalue weighted by molar-refractivity contribution is -0.163. The summed E-state index contributed by atoms with van der Waals surface area (Å²) in [6, 6.07) is 7.96. The molecule has 1 aromatic heterocycles. The Hall–Kier alpha value is -1.82. The third-order valence-electron chi connectivity index (χ3n) is 3.57. The van der Waals surface area contributed by atoms with Gasteiger partial charge in [-0.3, -0.25) is 4.79 Å². The number of rotatable bonds is 2. The van der Waals surface area contributed by atoms with Crippen LogP contribution in [0.3, 0.4) is 0 Å². The van der Waals surface area contributed by atoms with Gasteiger partial charge in [-0.2, -0.15) is 13.2 Å². The number of para-hydroxylation sites is 1. The largest absolute Gasteiger partial charge is 0.411 e. The van der Waals surface area contributed by atoms with E-state index in [1.165, 1.54) is 6.07 Å². The van der Waals surface area contributed by atoms with Gasteiger partial charge in [-0.05, 0) is 25.0 Å². The zero-order valence-corrected chi connectivity index (χ0v) is 11.4. The molecule has 1 N–H and O–H groups in total. The Balaban J connectivity index is 1.99. The summed E-state index contributed by atoms with van der Waals surface area (Å²) in [5.74, 6) is -0.787. The molecule has 1 heterocycles. The predicted molar refractivity (Wildman–Crippen MR) is 72.2 cm³/mol. The summed E-state index contributed by atoms with van der Waals surface area (Å²) in [4.78, 5) is 16.3. The minimum absolute atomic E-state index is 0.0655. The molecule has 3 rings (SSSR count). The van der Waals surface area contributed by atoms with Gasteiger partial charge in [0.2, 0.25) is 0 Å². The standard InChI is InChI=1S/C14H10ClF3N2O/c15-11-7-9(8-3-1-2-4-10(8)19-11)12(21)20-13(5-6-13)14(16,17)18/h1-4,7H,5-6H2,(H,20,21). The second kappa shape index (κ2) is 4.59. The van der Waals surface area contributed by atoms with Crippen LogP contribution < -0.4 is 5.32 Å². The summed E-state index contributed by atoms with van der Waals surface area (Å²) < 4.78 is 38.7. The summed E-state index contributed by atoms with van der Waals surface area (Å²) in [6.45, 7) is 0. The Bertz CT molecular complexity index is 726. The normalized spacial score (nSPS) is 16.8. The lowest BCUT2D eigenvalue weighted by Crippen LogP contribution is -2.47. The van der Waals surface area contributed by atoms with Crippen LogP contribution in [-0.4, -0.2) is 22.6 Å². The van der Waals surface area contributed by atoms with E-state index >= 15 is 0 Å². The van der Waals surface area contributed by atoms with Crippen molar-refractivity contribution in [2.24, 2.45) is 0 Å². The van der Waals surface area contributed by atoms with Crippen molar-refractivity contribution in [3.63, 3.8) is 0 Å². The molecular formula is C14H10ClF3N2O. The van der Waals surface area contributed by atoms with E-state index in [-0.39, 0.29) is 23.6 Å². The van der Waals surface area contributed by atoms with E-state index in [4.69, 9.17) is 11.6 Å². The van der Waals surface area contributed by atoms with Crippen molar-refractivity contribution in [2.45, 2.75) is 24.6 Å². The second-order valence-electron chi connectivity index (χ2n) is 5.04. The monoisotopic (exact) mass is 314 g/mol. The lowest BCUT2D eigenvalue weighted by Gasteiger charge is -2.21. The molecule has 3 nitrogen and oxygen atoms in total. The molecule has 7 heteroatoms. The summed E-state index contributed by atoms with van der Waals surface area (Å²) in [5, 5.41) is 2.63. The Morgan fingerprint density at radius 3 is 2.57 bits per heavy atom. The molecule has 0 bridgehead atoms. The van der Waals surface area contributed by atoms with Crippen molar-refractivity contribution in [2.75, 3.05) is 0 Å². The molecule has 1 fully saturated rings. The Morgan fingerprint density at radius 2 is 1.95 bits per heavy atom. The van der Waals surface area contributed by atoms with Gasteiger partial charge in [0.1, 0.15) is 10.7 Å². The van der Waals surface area contributed by atoms with Crippen molar-refractivity contribution in [1.82, 2.24) is 10.3 Å². The third-order valence-corrected chi connectivity index (χ3v) is 3.77. The fourth-order valence-corrected chi connectivity index (χ4v) is 2.42. The Morgan fingerprint density at radius 1 is 1.29 bits per heavy atom. The molecule has 1 aliphatic carbocycles. The molecule has 21 heavy (non-hydrogen) atoms. The number of carbonyl (C=O) groups excluding carboxylic acids is 1. The van der Waals surface area contributed by atoms with Gasteiger partial charge >= 0.3 is 6.18 Å². The Kier molecular flexibility index (Phi) is 3.09. The molecule has 0 aliphatic heterocycles. The number of benzene rings is 1. The highest BCUT2D eigenvalue weighted by Gasteiger charge is 2.64. The van der Waals surface area contributed by atoms with Crippen molar-refractivity contribution in [3.05, 3.63) is 41.0 Å². The molecule has 0 radical (unpaired) electrons. The van der Waals surface area contributed by atoms with E-state index < -0.39 is 17.6 Å². The summed E-state index contributed by atoms with van der Waals surface area (Å²) in [5.41, 5.74) is -1.53. The fourth-order valence-electron chi connectivity index (χ4n) is 2.22. The maximum Gasteiger partial charge on any atom is 0.411 e. The van der Waals surface area contributed by atoms with Crippen LogP contribution in [-0.2, 0) is 0 Å². The molecule has 1 amide bonds. The van der Waals surface area contributed by atoms with Crippen molar-refractivity contribution < 1.29 is 18.0 Å². The first-order valence-electron chi connectivity index (χ1n) is 6.27. The van der Waals surface area contributed by atoms with Gasteiger partial charge in [-0.15, -0.1) is 0 Å². The molecule has 0 atom stereocenters. The smallest absolute Gasteiger partial charge is 0.338 e. The van der Waals surface area contributed by atoms with Crippen LogP contribution >= 0.6 is 11.6 Å². The molecule has 1 saturated carbocycles. The van der Waals surface area contributed by atoms with E-state index in [9.17, 15) is 18.0 Å². The highest BCUT2D eigenvalue weighted by atomic mass is 35.5. The number of halogens is 4. The van der Waals surface area contributed by atoms with Crippen molar-refractivity contribution in [1.29, 1.82) is 0 Å². The molecular weight excluding hydrogens is 305 g/mol. The summed E-state index contributed by atoms with van der Waals surface area (Å²) >= 11 is 5.83. The van der Waals surface area contributed by atoms with Crippen LogP contribution in [0.5, 0.6) is 0 Å². The van der Waals surface area contributed by atoms with Crippen LogP contribution in [0.25, 0.3) is 10.9 Å². The average molecular weight is 315 g/mol. The van der Waals surface area contributed by atoms with E-state index in [1.54, 1.807) is 24.3 Å². The van der Waals surface area contributed by atoms with Gasteiger partial charge in [-0.1, -0.05) is 29.8 Å². The molecule has 110 valence electrons. The van der Waals surface area contributed by atoms with Crippen LogP contribution in [0.1, 0.15) is 23.2 Å². The minimum atomic E-state index is -4.45.